The molecule has 0 unspecified atom stereocenters. The summed E-state index contributed by atoms with van der Waals surface area (Å²) in [4.78, 5) is 9.02. The van der Waals surface area contributed by atoms with Crippen LogP contribution >= 0.6 is 11.3 Å². The molecule has 2 aromatic heterocycles. The van der Waals surface area contributed by atoms with Gasteiger partial charge in [0.05, 0.1) is 18.8 Å². The van der Waals surface area contributed by atoms with Crippen molar-refractivity contribution in [3.05, 3.63) is 57.1 Å². The third-order valence-electron chi connectivity index (χ3n) is 6.29. The van der Waals surface area contributed by atoms with Gasteiger partial charge < -0.3 is 14.5 Å². The number of nitrogens with zero attached hydrogens (tertiary/aromatic N) is 1. The Morgan fingerprint density at radius 3 is 1.85 bits per heavy atom. The van der Waals surface area contributed by atoms with E-state index in [1.54, 1.807) is 0 Å². The van der Waals surface area contributed by atoms with Crippen molar-refractivity contribution in [1.29, 1.82) is 0 Å². The number of hydrogen-bond donors (Lipinski definition) is 1. The van der Waals surface area contributed by atoms with Crippen LogP contribution in [0.25, 0.3) is 0 Å². The summed E-state index contributed by atoms with van der Waals surface area (Å²) in [6.07, 6.45) is 6.72. The predicted octanol–water partition coefficient (Wildman–Crippen LogP) is 10.8. The highest BCUT2D eigenvalue weighted by atomic mass is 32.1. The van der Waals surface area contributed by atoms with Crippen molar-refractivity contribution in [2.24, 2.45) is 16.3 Å². The van der Waals surface area contributed by atoms with E-state index >= 15 is 0 Å². The number of aromatic amines is 1. The van der Waals surface area contributed by atoms with E-state index in [0.29, 0.717) is 23.5 Å². The van der Waals surface area contributed by atoms with Crippen molar-refractivity contribution in [2.75, 3.05) is 19.8 Å². The lowest BCUT2D eigenvalue weighted by Gasteiger charge is -2.24. The molecule has 1 N–H and O–H groups in total. The lowest BCUT2D eigenvalue weighted by molar-refractivity contribution is -0.0563. The summed E-state index contributed by atoms with van der Waals surface area (Å²) in [7, 11) is 0. The van der Waals surface area contributed by atoms with Gasteiger partial charge in [-0.1, -0.05) is 61.0 Å². The van der Waals surface area contributed by atoms with Crippen LogP contribution in [0.1, 0.15) is 118 Å². The number of allylic oxidation sites excluding steroid dienone is 1. The number of hydrogen-bond acceptors (Lipinski definition) is 4. The Kier molecular flexibility index (Phi) is 21.0. The van der Waals surface area contributed by atoms with Crippen LogP contribution in [0.2, 0.25) is 0 Å². The van der Waals surface area contributed by atoms with Crippen LogP contribution in [0.4, 0.5) is 0 Å². The van der Waals surface area contributed by atoms with Gasteiger partial charge in [-0.25, -0.2) is 0 Å². The number of ether oxygens (including phenoxy) is 2. The summed E-state index contributed by atoms with van der Waals surface area (Å²) < 4.78 is 10.8. The highest BCUT2D eigenvalue weighted by Gasteiger charge is 2.15. The minimum atomic E-state index is 0.364. The van der Waals surface area contributed by atoms with Crippen LogP contribution in [0.3, 0.4) is 0 Å². The van der Waals surface area contributed by atoms with Gasteiger partial charge in [0.1, 0.15) is 0 Å². The third kappa shape index (κ3) is 20.8. The van der Waals surface area contributed by atoms with Crippen molar-refractivity contribution in [1.82, 2.24) is 4.98 Å². The van der Waals surface area contributed by atoms with Crippen molar-refractivity contribution in [2.45, 2.75) is 134 Å². The van der Waals surface area contributed by atoms with Crippen LogP contribution in [0, 0.1) is 25.2 Å². The fourth-order valence-corrected chi connectivity index (χ4v) is 5.13. The normalized spacial score (nSPS) is 15.1. The van der Waals surface area contributed by atoms with Gasteiger partial charge in [-0.05, 0) is 113 Å². The van der Waals surface area contributed by atoms with E-state index in [2.05, 4.69) is 116 Å². The molecule has 1 fully saturated rings. The minimum absolute atomic E-state index is 0.364. The van der Waals surface area contributed by atoms with Crippen LogP contribution < -0.4 is 0 Å². The van der Waals surface area contributed by atoms with Gasteiger partial charge in [-0.2, -0.15) is 0 Å². The molecule has 0 spiro atoms. The van der Waals surface area contributed by atoms with E-state index in [0.717, 1.165) is 32.6 Å². The molecule has 5 heteroatoms. The zero-order valence-corrected chi connectivity index (χ0v) is 29.8. The fourth-order valence-electron chi connectivity index (χ4n) is 4.42. The quantitative estimate of drug-likeness (QED) is 0.378. The molecule has 0 atom stereocenters. The van der Waals surface area contributed by atoms with Gasteiger partial charge in [0.15, 0.2) is 0 Å². The zero-order chi connectivity index (χ0) is 31.4. The molecule has 1 saturated heterocycles. The molecule has 0 aromatic carbocycles. The molecule has 0 radical (unpaired) electrons. The second kappa shape index (κ2) is 21.9. The van der Waals surface area contributed by atoms with Crippen molar-refractivity contribution in [3.8, 4) is 0 Å². The Morgan fingerprint density at radius 1 is 0.976 bits per heavy atom. The lowest BCUT2D eigenvalue weighted by Crippen LogP contribution is -2.25. The average molecular weight is 589 g/mol. The topological polar surface area (TPSA) is 46.6 Å². The number of rotatable bonds is 5. The lowest BCUT2D eigenvalue weighted by atomic mass is 9.90. The Bertz CT molecular complexity index is 940. The Balaban J connectivity index is 0.000000508. The van der Waals surface area contributed by atoms with Gasteiger partial charge in [0, 0.05) is 35.2 Å². The maximum absolute atomic E-state index is 5.61. The van der Waals surface area contributed by atoms with Gasteiger partial charge in [0.25, 0.3) is 0 Å². The molecular weight excluding hydrogens is 524 g/mol. The van der Waals surface area contributed by atoms with E-state index in [-0.39, 0.29) is 0 Å². The summed E-state index contributed by atoms with van der Waals surface area (Å²) in [6, 6.07) is 8.48. The monoisotopic (exact) mass is 588 g/mol. The molecule has 4 heterocycles. The first-order valence-electron chi connectivity index (χ1n) is 15.8. The zero-order valence-electron chi connectivity index (χ0n) is 28.9. The number of aromatic nitrogens is 1. The Labute approximate surface area is 258 Å². The molecule has 0 bridgehead atoms. The molecule has 0 aliphatic carbocycles. The van der Waals surface area contributed by atoms with E-state index < -0.39 is 0 Å². The van der Waals surface area contributed by atoms with E-state index in [9.17, 15) is 0 Å². The molecule has 0 amide bonds. The summed E-state index contributed by atoms with van der Waals surface area (Å²) in [6.45, 7) is 30.8. The number of aliphatic imine (C=N–C) groups is 1. The van der Waals surface area contributed by atoms with Crippen LogP contribution in [0.5, 0.6) is 0 Å². The minimum Gasteiger partial charge on any atom is -0.381 e. The average Bonchev–Trinajstić information content (AvgIpc) is 3.61. The number of thiophene rings is 1. The molecule has 2 aliphatic rings. The maximum atomic E-state index is 5.61. The third-order valence-corrected chi connectivity index (χ3v) is 7.23. The highest BCUT2D eigenvalue weighted by molar-refractivity contribution is 7.09. The smallest absolute Gasteiger partial charge is 0.0622 e. The van der Waals surface area contributed by atoms with Crippen molar-refractivity contribution >= 4 is 17.0 Å². The second-order valence-corrected chi connectivity index (χ2v) is 14.0. The first kappa shape index (κ1) is 39.3. The fraction of sp³-hybridized carbons (Fsp3) is 0.694. The molecular formula is C36H64N2O2S. The van der Waals surface area contributed by atoms with Gasteiger partial charge in [-0.3, -0.25) is 4.99 Å². The molecule has 4 nitrogen and oxygen atoms in total. The predicted molar refractivity (Wildman–Crippen MR) is 184 cm³/mol. The second-order valence-electron chi connectivity index (χ2n) is 12.9. The van der Waals surface area contributed by atoms with Crippen molar-refractivity contribution < 1.29 is 9.47 Å². The first-order chi connectivity index (χ1) is 19.2. The summed E-state index contributed by atoms with van der Waals surface area (Å²) in [5, 5.41) is 2.15. The highest BCUT2D eigenvalue weighted by Crippen LogP contribution is 2.23. The Morgan fingerprint density at radius 2 is 1.54 bits per heavy atom. The SMILES string of the molecule is CC(C)(C)CCc1cccs1.CC(C)OC1CCOCC1.CC1=NCC(C)=C1C(C)C.CCC.Cc1ccc(C)[nH]1. The number of aryl methyl sites for hydroxylation is 3. The van der Waals surface area contributed by atoms with Crippen LogP contribution in [-0.2, 0) is 15.9 Å². The summed E-state index contributed by atoms with van der Waals surface area (Å²) >= 11 is 1.86. The Hall–Kier alpha value is -1.69. The maximum Gasteiger partial charge on any atom is 0.0622 e. The molecule has 4 rings (SSSR count). The first-order valence-corrected chi connectivity index (χ1v) is 16.7. The summed E-state index contributed by atoms with van der Waals surface area (Å²) in [5.74, 6) is 0.645. The largest absolute Gasteiger partial charge is 0.381 e. The van der Waals surface area contributed by atoms with Crippen LogP contribution in [-0.4, -0.2) is 42.7 Å². The molecule has 0 saturated carbocycles. The van der Waals surface area contributed by atoms with Crippen molar-refractivity contribution in [3.63, 3.8) is 0 Å². The molecule has 41 heavy (non-hydrogen) atoms. The standard InChI is InChI=1S/C10H16S.C9H15N.C8H16O2.C6H9N.C3H8/c1-10(2,3)7-6-9-5-4-8-11-9;1-6(2)9-7(3)5-10-8(9)4;1-7(2)10-8-3-5-9-6-4-8;1-5-3-4-6(2)7-5;1-3-2/h4-5,8H,6-7H2,1-3H3;6H,5H2,1-4H3;7-8H,3-6H2,1-2H3;3-4,7H,1-2H3;3H2,1-2H3. The van der Waals surface area contributed by atoms with Gasteiger partial charge in [-0.15, -0.1) is 11.3 Å². The van der Waals surface area contributed by atoms with Crippen LogP contribution in [0.15, 0.2) is 45.8 Å². The number of nitrogens with one attached hydrogen (secondary N) is 1. The van der Waals surface area contributed by atoms with Gasteiger partial charge in [0.2, 0.25) is 0 Å². The van der Waals surface area contributed by atoms with E-state index in [1.807, 2.05) is 25.2 Å². The molecule has 2 aliphatic heterocycles. The molecule has 2 aromatic rings. The van der Waals surface area contributed by atoms with Gasteiger partial charge >= 0.3 is 0 Å². The van der Waals surface area contributed by atoms with E-state index in [4.69, 9.17) is 9.47 Å². The summed E-state index contributed by atoms with van der Waals surface area (Å²) in [5.41, 5.74) is 7.11. The number of H-pyrrole nitrogens is 1. The molecule has 236 valence electrons. The van der Waals surface area contributed by atoms with E-state index in [1.165, 1.54) is 52.4 Å².